The van der Waals surface area contributed by atoms with E-state index in [0.29, 0.717) is 10.4 Å². The van der Waals surface area contributed by atoms with Gasteiger partial charge in [-0.05, 0) is 31.5 Å². The number of carbonyl (C=O) groups is 2. The minimum atomic E-state index is -4.64. The lowest BCUT2D eigenvalue weighted by molar-refractivity contribution is -0.137. The van der Waals surface area contributed by atoms with Gasteiger partial charge in [-0.15, -0.1) is 11.3 Å². The Balaban J connectivity index is 1.89. The Morgan fingerprint density at radius 1 is 1.27 bits per heavy atom. The van der Waals surface area contributed by atoms with Gasteiger partial charge in [0.05, 0.1) is 29.6 Å². The van der Waals surface area contributed by atoms with E-state index in [1.807, 2.05) is 0 Å². The minimum Gasteiger partial charge on any atom is -0.462 e. The number of benzene rings is 1. The molecule has 0 aliphatic heterocycles. The van der Waals surface area contributed by atoms with Crippen LogP contribution in [0.25, 0.3) is 10.2 Å². The number of fused-ring (bicyclic) bond motifs is 1. The molecule has 0 aliphatic rings. The molecule has 2 heterocycles. The first-order chi connectivity index (χ1) is 14.1. The number of anilines is 1. The second-order valence-electron chi connectivity index (χ2n) is 6.23. The third kappa shape index (κ3) is 4.20. The minimum absolute atomic E-state index is 0.161. The van der Waals surface area contributed by atoms with E-state index in [1.165, 1.54) is 12.1 Å². The number of aromatic nitrogens is 2. The van der Waals surface area contributed by atoms with Gasteiger partial charge in [-0.3, -0.25) is 14.2 Å². The van der Waals surface area contributed by atoms with Crippen LogP contribution in [-0.4, -0.2) is 28.0 Å². The predicted molar refractivity (Wildman–Crippen MR) is 105 cm³/mol. The van der Waals surface area contributed by atoms with E-state index in [1.54, 1.807) is 13.8 Å². The van der Waals surface area contributed by atoms with E-state index in [0.717, 1.165) is 34.4 Å². The van der Waals surface area contributed by atoms with Crippen LogP contribution in [0.3, 0.4) is 0 Å². The number of carbonyl (C=O) groups excluding carboxylic acids is 2. The number of nitrogens with one attached hydrogen (secondary N) is 1. The fourth-order valence-corrected chi connectivity index (χ4v) is 3.88. The van der Waals surface area contributed by atoms with Crippen LogP contribution in [-0.2, 0) is 22.3 Å². The molecule has 0 saturated carbocycles. The Morgan fingerprint density at radius 2 is 1.97 bits per heavy atom. The lowest BCUT2D eigenvalue weighted by Crippen LogP contribution is -2.28. The summed E-state index contributed by atoms with van der Waals surface area (Å²) in [6.07, 6.45) is -3.52. The van der Waals surface area contributed by atoms with Crippen molar-refractivity contribution in [3.8, 4) is 0 Å². The molecule has 1 N–H and O–H groups in total. The third-order valence-corrected chi connectivity index (χ3v) is 5.38. The number of amides is 1. The maximum atomic E-state index is 13.1. The van der Waals surface area contributed by atoms with E-state index in [9.17, 15) is 27.6 Å². The van der Waals surface area contributed by atoms with Gasteiger partial charge in [-0.25, -0.2) is 9.78 Å². The maximum Gasteiger partial charge on any atom is 0.418 e. The van der Waals surface area contributed by atoms with Crippen molar-refractivity contribution in [2.75, 3.05) is 11.9 Å². The third-order valence-electron chi connectivity index (χ3n) is 4.20. The molecule has 3 aromatic rings. The molecular formula is C19H16F3N3O4S. The standard InChI is InChI=1S/C19H16F3N3O4S/c1-3-29-18(28)15-10(2)14-16(30-15)23-9-25(17(14)27)8-13(26)24-12-7-5-4-6-11(12)19(20,21)22/h4-7,9H,3,8H2,1-2H3,(H,24,26). The summed E-state index contributed by atoms with van der Waals surface area (Å²) >= 11 is 0.996. The molecule has 0 atom stereocenters. The van der Waals surface area contributed by atoms with Crippen molar-refractivity contribution < 1.29 is 27.5 Å². The van der Waals surface area contributed by atoms with Gasteiger partial charge in [0.25, 0.3) is 5.56 Å². The van der Waals surface area contributed by atoms with Crippen molar-refractivity contribution in [2.24, 2.45) is 0 Å². The van der Waals surface area contributed by atoms with E-state index >= 15 is 0 Å². The molecule has 158 valence electrons. The van der Waals surface area contributed by atoms with Gasteiger partial charge in [0, 0.05) is 0 Å². The molecular weight excluding hydrogens is 423 g/mol. The molecule has 1 amide bonds. The van der Waals surface area contributed by atoms with Gasteiger partial charge < -0.3 is 10.1 Å². The predicted octanol–water partition coefficient (Wildman–Crippen LogP) is 3.60. The quantitative estimate of drug-likeness (QED) is 0.614. The van der Waals surface area contributed by atoms with Gasteiger partial charge in [-0.1, -0.05) is 12.1 Å². The Kier molecular flexibility index (Phi) is 5.92. The molecule has 2 aromatic heterocycles. The van der Waals surface area contributed by atoms with Crippen LogP contribution in [0.4, 0.5) is 18.9 Å². The van der Waals surface area contributed by atoms with Crippen LogP contribution in [0.1, 0.15) is 27.7 Å². The summed E-state index contributed by atoms with van der Waals surface area (Å²) in [5, 5.41) is 2.34. The number of para-hydroxylation sites is 1. The average Bonchev–Trinajstić information content (AvgIpc) is 3.01. The molecule has 30 heavy (non-hydrogen) atoms. The normalized spacial score (nSPS) is 11.5. The molecule has 0 saturated heterocycles. The monoisotopic (exact) mass is 439 g/mol. The second kappa shape index (κ2) is 8.27. The van der Waals surface area contributed by atoms with Crippen molar-refractivity contribution in [1.29, 1.82) is 0 Å². The number of alkyl halides is 3. The first-order valence-corrected chi connectivity index (χ1v) is 9.56. The molecule has 11 heteroatoms. The first-order valence-electron chi connectivity index (χ1n) is 8.75. The van der Waals surface area contributed by atoms with Crippen LogP contribution < -0.4 is 10.9 Å². The van der Waals surface area contributed by atoms with Crippen LogP contribution in [0.15, 0.2) is 35.4 Å². The summed E-state index contributed by atoms with van der Waals surface area (Å²) in [4.78, 5) is 41.7. The number of esters is 1. The van der Waals surface area contributed by atoms with Crippen molar-refractivity contribution in [2.45, 2.75) is 26.6 Å². The molecule has 0 spiro atoms. The Bertz CT molecular complexity index is 1180. The Labute approximate surface area is 172 Å². The van der Waals surface area contributed by atoms with Crippen LogP contribution >= 0.6 is 11.3 Å². The largest absolute Gasteiger partial charge is 0.462 e. The lowest BCUT2D eigenvalue weighted by atomic mass is 10.1. The van der Waals surface area contributed by atoms with E-state index in [-0.39, 0.29) is 16.9 Å². The number of aryl methyl sites for hydroxylation is 1. The van der Waals surface area contributed by atoms with Crippen LogP contribution in [0.2, 0.25) is 0 Å². The number of hydrogen-bond acceptors (Lipinski definition) is 6. The van der Waals surface area contributed by atoms with Gasteiger partial charge in [0.15, 0.2) is 0 Å². The number of halogens is 3. The Hall–Kier alpha value is -3.21. The molecule has 7 nitrogen and oxygen atoms in total. The van der Waals surface area contributed by atoms with E-state index < -0.39 is 41.4 Å². The van der Waals surface area contributed by atoms with Gasteiger partial charge in [0.1, 0.15) is 16.3 Å². The SMILES string of the molecule is CCOC(=O)c1sc2ncn(CC(=O)Nc3ccccc3C(F)(F)F)c(=O)c2c1C. The maximum absolute atomic E-state index is 13.1. The highest BCUT2D eigenvalue weighted by molar-refractivity contribution is 7.20. The highest BCUT2D eigenvalue weighted by atomic mass is 32.1. The van der Waals surface area contributed by atoms with Crippen LogP contribution in [0.5, 0.6) is 0 Å². The molecule has 0 unspecified atom stereocenters. The number of rotatable bonds is 5. The summed E-state index contributed by atoms with van der Waals surface area (Å²) in [5.41, 5.74) is -1.60. The molecule has 0 fully saturated rings. The van der Waals surface area contributed by atoms with Crippen molar-refractivity contribution >= 4 is 39.1 Å². The zero-order valence-corrected chi connectivity index (χ0v) is 16.7. The number of nitrogens with zero attached hydrogens (tertiary/aromatic N) is 2. The summed E-state index contributed by atoms with van der Waals surface area (Å²) in [6.45, 7) is 2.85. The van der Waals surface area contributed by atoms with Crippen molar-refractivity contribution in [3.05, 3.63) is 57.0 Å². The van der Waals surface area contributed by atoms with E-state index in [4.69, 9.17) is 4.74 Å². The first kappa shape index (κ1) is 21.5. The summed E-state index contributed by atoms with van der Waals surface area (Å²) in [5.74, 6) is -1.40. The molecule has 0 radical (unpaired) electrons. The Morgan fingerprint density at radius 3 is 2.63 bits per heavy atom. The summed E-state index contributed by atoms with van der Waals surface area (Å²) < 4.78 is 45.2. The summed E-state index contributed by atoms with van der Waals surface area (Å²) in [7, 11) is 0. The highest BCUT2D eigenvalue weighted by Crippen LogP contribution is 2.34. The molecule has 3 rings (SSSR count). The van der Waals surface area contributed by atoms with Gasteiger partial charge >= 0.3 is 12.1 Å². The van der Waals surface area contributed by atoms with Crippen molar-refractivity contribution in [1.82, 2.24) is 9.55 Å². The lowest BCUT2D eigenvalue weighted by Gasteiger charge is -2.13. The van der Waals surface area contributed by atoms with Gasteiger partial charge in [0.2, 0.25) is 5.91 Å². The van der Waals surface area contributed by atoms with Gasteiger partial charge in [-0.2, -0.15) is 13.2 Å². The number of ether oxygens (including phenoxy) is 1. The fourth-order valence-electron chi connectivity index (χ4n) is 2.85. The highest BCUT2D eigenvalue weighted by Gasteiger charge is 2.33. The summed E-state index contributed by atoms with van der Waals surface area (Å²) in [6, 6.07) is 4.54. The average molecular weight is 439 g/mol. The molecule has 0 aliphatic carbocycles. The molecule has 1 aromatic carbocycles. The fraction of sp³-hybridized carbons (Fsp3) is 0.263. The van der Waals surface area contributed by atoms with Crippen molar-refractivity contribution in [3.63, 3.8) is 0 Å². The molecule has 0 bridgehead atoms. The topological polar surface area (TPSA) is 90.3 Å². The van der Waals surface area contributed by atoms with E-state index in [2.05, 4.69) is 10.3 Å². The smallest absolute Gasteiger partial charge is 0.418 e. The second-order valence-corrected chi connectivity index (χ2v) is 7.23. The number of hydrogen-bond donors (Lipinski definition) is 1. The van der Waals surface area contributed by atoms with Crippen LogP contribution in [0, 0.1) is 6.92 Å². The zero-order chi connectivity index (χ0) is 22.1. The zero-order valence-electron chi connectivity index (χ0n) is 15.9. The number of thiophene rings is 1.